The summed E-state index contributed by atoms with van der Waals surface area (Å²) >= 11 is 0. The molecule has 0 aliphatic heterocycles. The third kappa shape index (κ3) is 2.76. The number of nitrogens with zero attached hydrogens (tertiary/aromatic N) is 1. The molecule has 0 aliphatic rings. The van der Waals surface area contributed by atoms with E-state index in [0.717, 1.165) is 6.07 Å². The number of hydrogen-bond acceptors (Lipinski definition) is 3. The molecule has 0 aromatic heterocycles. The topological polar surface area (TPSA) is 63.4 Å². The number of halogens is 1. The molecular formula is C11H14FNO3. The van der Waals surface area contributed by atoms with Crippen LogP contribution in [-0.2, 0) is 6.42 Å². The molecule has 1 aromatic rings. The zero-order valence-corrected chi connectivity index (χ0v) is 9.18. The van der Waals surface area contributed by atoms with E-state index in [-0.39, 0.29) is 17.9 Å². The predicted molar refractivity (Wildman–Crippen MR) is 57.6 cm³/mol. The number of aliphatic hydroxyl groups is 1. The van der Waals surface area contributed by atoms with Gasteiger partial charge in [0, 0.05) is 6.07 Å². The Hall–Kier alpha value is -1.49. The van der Waals surface area contributed by atoms with Crippen molar-refractivity contribution < 1.29 is 14.4 Å². The number of rotatable bonds is 4. The first-order valence-electron chi connectivity index (χ1n) is 5.03. The maximum absolute atomic E-state index is 13.6. The highest BCUT2D eigenvalue weighted by molar-refractivity contribution is 5.36. The van der Waals surface area contributed by atoms with Crippen molar-refractivity contribution in [2.75, 3.05) is 0 Å². The molecule has 0 spiro atoms. The number of nitro groups is 1. The lowest BCUT2D eigenvalue weighted by atomic mass is 9.96. The van der Waals surface area contributed by atoms with E-state index in [1.807, 2.05) is 0 Å². The van der Waals surface area contributed by atoms with Crippen molar-refractivity contribution in [3.63, 3.8) is 0 Å². The summed E-state index contributed by atoms with van der Waals surface area (Å²) in [5, 5.41) is 19.8. The van der Waals surface area contributed by atoms with E-state index < -0.39 is 22.5 Å². The van der Waals surface area contributed by atoms with E-state index in [2.05, 4.69) is 0 Å². The average molecular weight is 227 g/mol. The van der Waals surface area contributed by atoms with Gasteiger partial charge in [-0.25, -0.2) is 0 Å². The molecule has 0 radical (unpaired) electrons. The van der Waals surface area contributed by atoms with Crippen LogP contribution in [0.1, 0.15) is 19.4 Å². The van der Waals surface area contributed by atoms with Gasteiger partial charge in [-0.05, 0) is 24.8 Å². The van der Waals surface area contributed by atoms with E-state index in [0.29, 0.717) is 0 Å². The van der Waals surface area contributed by atoms with Crippen molar-refractivity contribution in [1.29, 1.82) is 0 Å². The van der Waals surface area contributed by atoms with Crippen molar-refractivity contribution in [1.82, 2.24) is 0 Å². The van der Waals surface area contributed by atoms with Gasteiger partial charge in [0.25, 0.3) is 0 Å². The average Bonchev–Trinajstić information content (AvgIpc) is 2.20. The third-order valence-corrected chi connectivity index (χ3v) is 2.62. The minimum absolute atomic E-state index is 0.142. The normalized spacial score (nSPS) is 14.5. The number of aliphatic hydroxyl groups excluding tert-OH is 1. The van der Waals surface area contributed by atoms with E-state index in [9.17, 15) is 19.6 Å². The molecule has 0 aliphatic carbocycles. The fraction of sp³-hybridized carbons (Fsp3) is 0.455. The molecule has 5 heteroatoms. The molecule has 4 nitrogen and oxygen atoms in total. The van der Waals surface area contributed by atoms with Crippen molar-refractivity contribution >= 4 is 5.69 Å². The fourth-order valence-electron chi connectivity index (χ4n) is 1.38. The lowest BCUT2D eigenvalue weighted by Gasteiger charge is -2.14. The maximum Gasteiger partial charge on any atom is 0.305 e. The molecule has 2 unspecified atom stereocenters. The van der Waals surface area contributed by atoms with Gasteiger partial charge in [0.2, 0.25) is 5.82 Å². The highest BCUT2D eigenvalue weighted by atomic mass is 19.1. The van der Waals surface area contributed by atoms with Gasteiger partial charge in [0.1, 0.15) is 0 Å². The standard InChI is InChI=1S/C11H14FNO3/c1-7(8(2)14)6-9-4-3-5-10(11(9)12)13(15)16/h3-5,7-8,14H,6H2,1-2H3. The van der Waals surface area contributed by atoms with Crippen LogP contribution < -0.4 is 0 Å². The monoisotopic (exact) mass is 227 g/mol. The summed E-state index contributed by atoms with van der Waals surface area (Å²) in [6.07, 6.45) is -0.288. The Morgan fingerprint density at radius 2 is 2.12 bits per heavy atom. The van der Waals surface area contributed by atoms with Gasteiger partial charge in [0.05, 0.1) is 11.0 Å². The zero-order valence-electron chi connectivity index (χ0n) is 9.18. The summed E-state index contributed by atoms with van der Waals surface area (Å²) < 4.78 is 13.6. The summed E-state index contributed by atoms with van der Waals surface area (Å²) in [5.74, 6) is -0.948. The summed E-state index contributed by atoms with van der Waals surface area (Å²) in [4.78, 5) is 9.77. The SMILES string of the molecule is CC(O)C(C)Cc1cccc([N+](=O)[O-])c1F. The van der Waals surface area contributed by atoms with Crippen LogP contribution in [0.15, 0.2) is 18.2 Å². The number of nitro benzene ring substituents is 1. The highest BCUT2D eigenvalue weighted by Crippen LogP contribution is 2.23. The van der Waals surface area contributed by atoms with Crippen LogP contribution in [0.5, 0.6) is 0 Å². The highest BCUT2D eigenvalue weighted by Gasteiger charge is 2.19. The first-order valence-corrected chi connectivity index (χ1v) is 5.03. The van der Waals surface area contributed by atoms with Gasteiger partial charge in [-0.2, -0.15) is 4.39 Å². The molecule has 2 atom stereocenters. The first kappa shape index (κ1) is 12.6. The van der Waals surface area contributed by atoms with Crippen LogP contribution in [0.3, 0.4) is 0 Å². The second-order valence-corrected chi connectivity index (χ2v) is 3.93. The zero-order chi connectivity index (χ0) is 12.3. The Kier molecular flexibility index (Phi) is 3.95. The summed E-state index contributed by atoms with van der Waals surface area (Å²) in [6.45, 7) is 3.38. The van der Waals surface area contributed by atoms with E-state index in [1.54, 1.807) is 13.8 Å². The Labute approximate surface area is 92.9 Å². The minimum atomic E-state index is -0.806. The second kappa shape index (κ2) is 5.03. The Balaban J connectivity index is 2.98. The Morgan fingerprint density at radius 3 is 2.62 bits per heavy atom. The molecule has 1 aromatic carbocycles. The molecule has 0 bridgehead atoms. The molecule has 0 saturated carbocycles. The molecule has 0 saturated heterocycles. The van der Waals surface area contributed by atoms with E-state index >= 15 is 0 Å². The molecule has 0 amide bonds. The molecule has 0 heterocycles. The van der Waals surface area contributed by atoms with Crippen molar-refractivity contribution in [3.05, 3.63) is 39.7 Å². The van der Waals surface area contributed by atoms with Crippen molar-refractivity contribution in [3.8, 4) is 0 Å². The number of benzene rings is 1. The second-order valence-electron chi connectivity index (χ2n) is 3.93. The van der Waals surface area contributed by atoms with Gasteiger partial charge >= 0.3 is 5.69 Å². The van der Waals surface area contributed by atoms with Crippen LogP contribution in [0.2, 0.25) is 0 Å². The van der Waals surface area contributed by atoms with Crippen molar-refractivity contribution in [2.45, 2.75) is 26.4 Å². The van der Waals surface area contributed by atoms with Gasteiger partial charge in [0.15, 0.2) is 0 Å². The van der Waals surface area contributed by atoms with Crippen LogP contribution in [0.4, 0.5) is 10.1 Å². The Morgan fingerprint density at radius 1 is 1.50 bits per heavy atom. The third-order valence-electron chi connectivity index (χ3n) is 2.62. The van der Waals surface area contributed by atoms with E-state index in [4.69, 9.17) is 0 Å². The molecular weight excluding hydrogens is 213 g/mol. The molecule has 1 N–H and O–H groups in total. The van der Waals surface area contributed by atoms with Crippen molar-refractivity contribution in [2.24, 2.45) is 5.92 Å². The van der Waals surface area contributed by atoms with E-state index in [1.165, 1.54) is 12.1 Å². The van der Waals surface area contributed by atoms with Gasteiger partial charge < -0.3 is 5.11 Å². The first-order chi connectivity index (χ1) is 7.43. The molecule has 88 valence electrons. The minimum Gasteiger partial charge on any atom is -0.393 e. The number of hydrogen-bond donors (Lipinski definition) is 1. The van der Waals surface area contributed by atoms with Gasteiger partial charge in [-0.15, -0.1) is 0 Å². The van der Waals surface area contributed by atoms with Crippen LogP contribution in [-0.4, -0.2) is 16.1 Å². The quantitative estimate of drug-likeness (QED) is 0.634. The smallest absolute Gasteiger partial charge is 0.305 e. The van der Waals surface area contributed by atoms with Gasteiger partial charge in [-0.3, -0.25) is 10.1 Å². The lowest BCUT2D eigenvalue weighted by molar-refractivity contribution is -0.387. The predicted octanol–water partition coefficient (Wildman–Crippen LogP) is 2.29. The maximum atomic E-state index is 13.6. The largest absolute Gasteiger partial charge is 0.393 e. The lowest BCUT2D eigenvalue weighted by Crippen LogP contribution is -2.16. The molecule has 0 fully saturated rings. The summed E-state index contributed by atoms with van der Waals surface area (Å²) in [7, 11) is 0. The summed E-state index contributed by atoms with van der Waals surface area (Å²) in [5.41, 5.74) is -0.252. The molecule has 16 heavy (non-hydrogen) atoms. The molecule has 1 rings (SSSR count). The van der Waals surface area contributed by atoms with Crippen LogP contribution >= 0.6 is 0 Å². The Bertz CT molecular complexity index is 393. The van der Waals surface area contributed by atoms with Gasteiger partial charge in [-0.1, -0.05) is 19.1 Å². The fourth-order valence-corrected chi connectivity index (χ4v) is 1.38. The van der Waals surface area contributed by atoms with Crippen LogP contribution in [0, 0.1) is 21.8 Å². The van der Waals surface area contributed by atoms with Crippen LogP contribution in [0.25, 0.3) is 0 Å². The summed E-state index contributed by atoms with van der Waals surface area (Å²) in [6, 6.07) is 4.08.